The van der Waals surface area contributed by atoms with Gasteiger partial charge in [0.25, 0.3) is 0 Å². The van der Waals surface area contributed by atoms with Gasteiger partial charge in [0.05, 0.1) is 5.69 Å². The Labute approximate surface area is 170 Å². The van der Waals surface area contributed by atoms with Crippen molar-refractivity contribution in [1.29, 1.82) is 5.26 Å². The lowest BCUT2D eigenvalue weighted by Gasteiger charge is -2.10. The first-order valence-electron chi connectivity index (χ1n) is 9.87. The molecule has 146 valence electrons. The molecule has 3 aromatic heterocycles. The monoisotopic (exact) mass is 384 g/mol. The van der Waals surface area contributed by atoms with E-state index in [1.165, 1.54) is 11.1 Å². The van der Waals surface area contributed by atoms with Crippen LogP contribution in [0.4, 0.5) is 0 Å². The van der Waals surface area contributed by atoms with E-state index in [1.54, 1.807) is 0 Å². The SMILES string of the molecule is Cc1cc(-c2nc(C#N)nc3c2ccn3C)ccc1CCCCn1ccnc1C. The number of nitriles is 1. The molecule has 0 bridgehead atoms. The average Bonchev–Trinajstić information content (AvgIpc) is 3.31. The maximum Gasteiger partial charge on any atom is 0.234 e. The second-order valence-electron chi connectivity index (χ2n) is 7.44. The third-order valence-electron chi connectivity index (χ3n) is 5.46. The van der Waals surface area contributed by atoms with E-state index in [0.29, 0.717) is 0 Å². The number of benzene rings is 1. The summed E-state index contributed by atoms with van der Waals surface area (Å²) in [5, 5.41) is 10.3. The van der Waals surface area contributed by atoms with Crippen LogP contribution in [0.3, 0.4) is 0 Å². The minimum absolute atomic E-state index is 0.200. The fourth-order valence-corrected chi connectivity index (χ4v) is 3.77. The number of nitrogens with zero attached hydrogens (tertiary/aromatic N) is 6. The number of fused-ring (bicyclic) bond motifs is 1. The van der Waals surface area contributed by atoms with Crippen molar-refractivity contribution in [3.8, 4) is 17.3 Å². The first-order valence-corrected chi connectivity index (χ1v) is 9.87. The molecule has 0 aliphatic carbocycles. The number of unbranched alkanes of at least 4 members (excludes halogenated alkanes) is 1. The van der Waals surface area contributed by atoms with Crippen LogP contribution in [0.1, 0.15) is 35.6 Å². The van der Waals surface area contributed by atoms with Crippen LogP contribution in [0.5, 0.6) is 0 Å². The molecule has 1 aromatic carbocycles. The Balaban J connectivity index is 1.52. The average molecular weight is 384 g/mol. The van der Waals surface area contributed by atoms with Gasteiger partial charge in [-0.25, -0.2) is 15.0 Å². The minimum atomic E-state index is 0.200. The van der Waals surface area contributed by atoms with E-state index in [1.807, 2.05) is 43.2 Å². The Morgan fingerprint density at radius 2 is 1.93 bits per heavy atom. The van der Waals surface area contributed by atoms with Crippen molar-refractivity contribution in [1.82, 2.24) is 24.1 Å². The van der Waals surface area contributed by atoms with Crippen molar-refractivity contribution in [3.05, 3.63) is 65.6 Å². The number of imidazole rings is 1. The standard InChI is InChI=1S/C23H24N6/c1-16-14-19(22-20-9-12-28(3)23(20)27-21(15-24)26-22)8-7-18(16)6-4-5-11-29-13-10-25-17(29)2/h7-10,12-14H,4-6,11H2,1-3H3. The van der Waals surface area contributed by atoms with Crippen molar-refractivity contribution in [2.24, 2.45) is 7.05 Å². The van der Waals surface area contributed by atoms with Gasteiger partial charge in [-0.15, -0.1) is 0 Å². The lowest BCUT2D eigenvalue weighted by atomic mass is 9.98. The molecule has 0 saturated heterocycles. The molecule has 0 atom stereocenters. The van der Waals surface area contributed by atoms with Gasteiger partial charge < -0.3 is 9.13 Å². The Hall–Kier alpha value is -3.46. The molecule has 4 rings (SSSR count). The van der Waals surface area contributed by atoms with E-state index >= 15 is 0 Å². The molecule has 0 amide bonds. The molecule has 0 unspecified atom stereocenters. The summed E-state index contributed by atoms with van der Waals surface area (Å²) in [6.45, 7) is 5.19. The van der Waals surface area contributed by atoms with Crippen LogP contribution in [0.15, 0.2) is 42.9 Å². The molecule has 29 heavy (non-hydrogen) atoms. The first kappa shape index (κ1) is 18.9. The van der Waals surface area contributed by atoms with Crippen molar-refractivity contribution >= 4 is 11.0 Å². The first-order chi connectivity index (χ1) is 14.1. The zero-order chi connectivity index (χ0) is 20.4. The summed E-state index contributed by atoms with van der Waals surface area (Å²) in [6.07, 6.45) is 9.15. The van der Waals surface area contributed by atoms with E-state index < -0.39 is 0 Å². The predicted molar refractivity (Wildman–Crippen MR) is 113 cm³/mol. The molecule has 0 N–H and O–H groups in total. The highest BCUT2D eigenvalue weighted by molar-refractivity contribution is 5.91. The summed E-state index contributed by atoms with van der Waals surface area (Å²) in [7, 11) is 1.93. The Bertz CT molecular complexity index is 1210. The maximum absolute atomic E-state index is 9.31. The molecule has 3 heterocycles. The Morgan fingerprint density at radius 1 is 1.07 bits per heavy atom. The number of hydrogen-bond donors (Lipinski definition) is 0. The van der Waals surface area contributed by atoms with Crippen LogP contribution in [-0.2, 0) is 20.0 Å². The van der Waals surface area contributed by atoms with E-state index in [0.717, 1.165) is 53.9 Å². The van der Waals surface area contributed by atoms with Crippen LogP contribution >= 0.6 is 0 Å². The van der Waals surface area contributed by atoms with Crippen molar-refractivity contribution in [2.45, 2.75) is 39.7 Å². The van der Waals surface area contributed by atoms with E-state index in [2.05, 4.69) is 50.7 Å². The predicted octanol–water partition coefficient (Wildman–Crippen LogP) is 4.34. The van der Waals surface area contributed by atoms with Crippen LogP contribution in [-0.4, -0.2) is 24.1 Å². The van der Waals surface area contributed by atoms with Gasteiger partial charge in [-0.1, -0.05) is 12.1 Å². The third-order valence-corrected chi connectivity index (χ3v) is 5.46. The number of hydrogen-bond acceptors (Lipinski definition) is 4. The van der Waals surface area contributed by atoms with Crippen LogP contribution < -0.4 is 0 Å². The molecule has 0 radical (unpaired) electrons. The van der Waals surface area contributed by atoms with Crippen molar-refractivity contribution in [3.63, 3.8) is 0 Å². The quantitative estimate of drug-likeness (QED) is 0.464. The number of rotatable bonds is 6. The highest BCUT2D eigenvalue weighted by Crippen LogP contribution is 2.28. The molecule has 6 nitrogen and oxygen atoms in total. The summed E-state index contributed by atoms with van der Waals surface area (Å²) in [5.74, 6) is 1.27. The topological polar surface area (TPSA) is 72.3 Å². The van der Waals surface area contributed by atoms with Crippen molar-refractivity contribution in [2.75, 3.05) is 0 Å². The molecule has 0 spiro atoms. The van der Waals surface area contributed by atoms with E-state index in [9.17, 15) is 5.26 Å². The summed E-state index contributed by atoms with van der Waals surface area (Å²) >= 11 is 0. The van der Waals surface area contributed by atoms with Crippen LogP contribution in [0.2, 0.25) is 0 Å². The summed E-state index contributed by atoms with van der Waals surface area (Å²) in [4.78, 5) is 13.1. The van der Waals surface area contributed by atoms with Crippen LogP contribution in [0.25, 0.3) is 22.3 Å². The number of aryl methyl sites for hydroxylation is 5. The molecule has 4 aromatic rings. The zero-order valence-electron chi connectivity index (χ0n) is 17.1. The smallest absolute Gasteiger partial charge is 0.234 e. The zero-order valence-corrected chi connectivity index (χ0v) is 17.1. The second-order valence-corrected chi connectivity index (χ2v) is 7.44. The largest absolute Gasteiger partial charge is 0.335 e. The molecule has 0 aliphatic heterocycles. The molecular weight excluding hydrogens is 360 g/mol. The van der Waals surface area contributed by atoms with Gasteiger partial charge in [-0.3, -0.25) is 0 Å². The lowest BCUT2D eigenvalue weighted by molar-refractivity contribution is 0.596. The molecular formula is C23H24N6. The van der Waals surface area contributed by atoms with Gasteiger partial charge in [0.1, 0.15) is 17.5 Å². The van der Waals surface area contributed by atoms with Gasteiger partial charge in [0.15, 0.2) is 0 Å². The van der Waals surface area contributed by atoms with Crippen LogP contribution in [0, 0.1) is 25.2 Å². The lowest BCUT2D eigenvalue weighted by Crippen LogP contribution is -2.00. The summed E-state index contributed by atoms with van der Waals surface area (Å²) < 4.78 is 4.12. The molecule has 0 aliphatic rings. The Morgan fingerprint density at radius 3 is 2.66 bits per heavy atom. The highest BCUT2D eigenvalue weighted by atomic mass is 15.0. The maximum atomic E-state index is 9.31. The fourth-order valence-electron chi connectivity index (χ4n) is 3.77. The molecule has 6 heteroatoms. The fraction of sp³-hybridized carbons (Fsp3) is 0.304. The minimum Gasteiger partial charge on any atom is -0.335 e. The van der Waals surface area contributed by atoms with Gasteiger partial charge in [0.2, 0.25) is 5.82 Å². The number of aromatic nitrogens is 5. The highest BCUT2D eigenvalue weighted by Gasteiger charge is 2.13. The van der Waals surface area contributed by atoms with Gasteiger partial charge in [-0.05, 0) is 56.4 Å². The van der Waals surface area contributed by atoms with Gasteiger partial charge in [-0.2, -0.15) is 5.26 Å². The summed E-state index contributed by atoms with van der Waals surface area (Å²) in [5.41, 5.74) is 5.23. The van der Waals surface area contributed by atoms with Gasteiger partial charge >= 0.3 is 0 Å². The Kier molecular flexibility index (Phi) is 5.13. The summed E-state index contributed by atoms with van der Waals surface area (Å²) in [6, 6.07) is 10.6. The second kappa shape index (κ2) is 7.88. The normalized spacial score (nSPS) is 11.1. The van der Waals surface area contributed by atoms with E-state index in [-0.39, 0.29) is 5.82 Å². The molecule has 0 fully saturated rings. The van der Waals surface area contributed by atoms with Crippen molar-refractivity contribution < 1.29 is 0 Å². The van der Waals surface area contributed by atoms with E-state index in [4.69, 9.17) is 0 Å². The van der Waals surface area contributed by atoms with Gasteiger partial charge in [0, 0.05) is 43.1 Å². The molecule has 0 saturated carbocycles. The third kappa shape index (κ3) is 3.77.